The van der Waals surface area contributed by atoms with Gasteiger partial charge in [-0.25, -0.2) is 0 Å². The highest BCUT2D eigenvalue weighted by molar-refractivity contribution is 6.57. The lowest BCUT2D eigenvalue weighted by molar-refractivity contribution is 0.0989. The Kier molecular flexibility index (Phi) is 8.46. The van der Waals surface area contributed by atoms with Crippen LogP contribution < -0.4 is 4.90 Å². The quantitative estimate of drug-likeness (QED) is 0.0882. The summed E-state index contributed by atoms with van der Waals surface area (Å²) in [6.45, 7) is 10.8. The molecule has 0 atom stereocenters. The van der Waals surface area contributed by atoms with E-state index in [1.807, 2.05) is 6.08 Å². The van der Waals surface area contributed by atoms with Crippen LogP contribution in [-0.4, -0.2) is 11.6 Å². The fraction of sp³-hybridized carbons (Fsp3) is 0.263. The highest BCUT2D eigenvalue weighted by atomic mass is 35.5. The van der Waals surface area contributed by atoms with Crippen LogP contribution in [0.15, 0.2) is 72.0 Å². The highest BCUT2D eigenvalue weighted by Gasteiger charge is 2.48. The molecule has 6 rings (SSSR count). The molecule has 0 amide bonds. The second-order valence-corrected chi connectivity index (χ2v) is 13.7. The SMILES string of the molecule is CCCC1(CCC)/C(=C/C=C2C(=O)c3c(Cl)c(Cl)c(Cl)c(Cl)c3C2=O)N(c2c(C)cc(C)cc2C)c2ccc3ccccc3c21. The summed E-state index contributed by atoms with van der Waals surface area (Å²) < 4.78 is 0. The van der Waals surface area contributed by atoms with E-state index in [1.54, 1.807) is 6.08 Å². The number of anilines is 2. The Hall–Kier alpha value is -3.08. The molecule has 0 spiro atoms. The molecule has 0 saturated carbocycles. The van der Waals surface area contributed by atoms with E-state index in [9.17, 15) is 9.59 Å². The average Bonchev–Trinajstić information content (AvgIpc) is 3.41. The largest absolute Gasteiger partial charge is 0.312 e. The lowest BCUT2D eigenvalue weighted by Crippen LogP contribution is -2.30. The second-order valence-electron chi connectivity index (χ2n) is 12.1. The molecule has 0 bridgehead atoms. The minimum Gasteiger partial charge on any atom is -0.312 e. The smallest absolute Gasteiger partial charge is 0.199 e. The Morgan fingerprint density at radius 2 is 1.29 bits per heavy atom. The third-order valence-corrected chi connectivity index (χ3v) is 11.0. The van der Waals surface area contributed by atoms with Crippen LogP contribution in [0, 0.1) is 20.8 Å². The first-order valence-corrected chi connectivity index (χ1v) is 16.8. The van der Waals surface area contributed by atoms with E-state index in [1.165, 1.54) is 21.9 Å². The summed E-state index contributed by atoms with van der Waals surface area (Å²) in [7, 11) is 0. The first-order valence-electron chi connectivity index (χ1n) is 15.3. The molecule has 230 valence electrons. The zero-order valence-corrected chi connectivity index (χ0v) is 28.9. The van der Waals surface area contributed by atoms with Crippen LogP contribution in [0.25, 0.3) is 10.8 Å². The van der Waals surface area contributed by atoms with Crippen molar-refractivity contribution in [3.05, 3.63) is 125 Å². The van der Waals surface area contributed by atoms with Crippen molar-refractivity contribution in [3.63, 3.8) is 0 Å². The summed E-state index contributed by atoms with van der Waals surface area (Å²) in [5.41, 5.74) is 7.65. The van der Waals surface area contributed by atoms with Gasteiger partial charge in [0.25, 0.3) is 0 Å². The van der Waals surface area contributed by atoms with Crippen LogP contribution in [0.3, 0.4) is 0 Å². The van der Waals surface area contributed by atoms with E-state index in [-0.39, 0.29) is 42.2 Å². The summed E-state index contributed by atoms with van der Waals surface area (Å²) in [5, 5.41) is 2.19. The third kappa shape index (κ3) is 4.78. The first kappa shape index (κ1) is 31.9. The number of ketones is 2. The molecule has 1 heterocycles. The van der Waals surface area contributed by atoms with Crippen LogP contribution in [-0.2, 0) is 5.41 Å². The number of halogens is 4. The summed E-state index contributed by atoms with van der Waals surface area (Å²) in [6, 6.07) is 17.3. The van der Waals surface area contributed by atoms with Gasteiger partial charge in [-0.1, -0.05) is 121 Å². The number of aryl methyl sites for hydroxylation is 3. The number of hydrogen-bond acceptors (Lipinski definition) is 3. The molecule has 0 N–H and O–H groups in total. The zero-order valence-electron chi connectivity index (χ0n) is 25.9. The average molecular weight is 677 g/mol. The summed E-state index contributed by atoms with van der Waals surface area (Å²) in [4.78, 5) is 29.9. The fourth-order valence-electron chi connectivity index (χ4n) is 7.65. The molecule has 3 nitrogen and oxygen atoms in total. The van der Waals surface area contributed by atoms with E-state index in [0.717, 1.165) is 53.9 Å². The summed E-state index contributed by atoms with van der Waals surface area (Å²) in [5.74, 6) is -1.02. The molecule has 0 radical (unpaired) electrons. The molecule has 2 aliphatic rings. The maximum Gasteiger partial charge on any atom is 0.199 e. The minimum absolute atomic E-state index is 0.00174. The molecule has 4 aromatic rings. The Labute approximate surface area is 284 Å². The van der Waals surface area contributed by atoms with E-state index in [4.69, 9.17) is 46.4 Å². The molecule has 45 heavy (non-hydrogen) atoms. The molecule has 1 aliphatic heterocycles. The van der Waals surface area contributed by atoms with Gasteiger partial charge in [0.15, 0.2) is 11.6 Å². The molecular weight excluding hydrogens is 644 g/mol. The first-order chi connectivity index (χ1) is 21.5. The summed E-state index contributed by atoms with van der Waals surface area (Å²) >= 11 is 25.5. The van der Waals surface area contributed by atoms with Gasteiger partial charge in [0, 0.05) is 11.1 Å². The number of fused-ring (bicyclic) bond motifs is 4. The molecule has 7 heteroatoms. The lowest BCUT2D eigenvalue weighted by Gasteiger charge is -2.35. The molecule has 0 aromatic heterocycles. The summed E-state index contributed by atoms with van der Waals surface area (Å²) in [6.07, 6.45) is 7.30. The number of carbonyl (C=O) groups is 2. The predicted octanol–water partition coefficient (Wildman–Crippen LogP) is 12.3. The van der Waals surface area contributed by atoms with Crippen molar-refractivity contribution in [3.8, 4) is 0 Å². The normalized spacial score (nSPS) is 16.2. The second kappa shape index (κ2) is 11.9. The van der Waals surface area contributed by atoms with Crippen LogP contribution >= 0.6 is 46.4 Å². The van der Waals surface area contributed by atoms with Crippen molar-refractivity contribution < 1.29 is 9.59 Å². The monoisotopic (exact) mass is 675 g/mol. The van der Waals surface area contributed by atoms with Gasteiger partial charge < -0.3 is 4.90 Å². The number of carbonyl (C=O) groups excluding carboxylic acids is 2. The highest BCUT2D eigenvalue weighted by Crippen LogP contribution is 2.59. The molecule has 1 aliphatic carbocycles. The number of nitrogens with zero attached hydrogens (tertiary/aromatic N) is 1. The molecule has 0 saturated heterocycles. The van der Waals surface area contributed by atoms with E-state index < -0.39 is 11.6 Å². The van der Waals surface area contributed by atoms with Crippen molar-refractivity contribution in [2.45, 2.75) is 65.7 Å². The topological polar surface area (TPSA) is 37.4 Å². The van der Waals surface area contributed by atoms with Crippen molar-refractivity contribution >= 4 is 80.1 Å². The van der Waals surface area contributed by atoms with Gasteiger partial charge in [-0.3, -0.25) is 9.59 Å². The molecule has 0 fully saturated rings. The van der Waals surface area contributed by atoms with Crippen LogP contribution in [0.4, 0.5) is 11.4 Å². The van der Waals surface area contributed by atoms with Crippen molar-refractivity contribution in [2.75, 3.05) is 4.90 Å². The van der Waals surface area contributed by atoms with E-state index in [0.29, 0.717) is 0 Å². The fourth-order valence-corrected chi connectivity index (χ4v) is 8.67. The number of hydrogen-bond donors (Lipinski definition) is 0. The van der Waals surface area contributed by atoms with Gasteiger partial charge in [0.05, 0.1) is 48.2 Å². The maximum atomic E-state index is 13.8. The van der Waals surface area contributed by atoms with Crippen LogP contribution in [0.2, 0.25) is 20.1 Å². The molecule has 4 aromatic carbocycles. The minimum atomic E-state index is -0.510. The van der Waals surface area contributed by atoms with Crippen molar-refractivity contribution in [2.24, 2.45) is 0 Å². The predicted molar refractivity (Wildman–Crippen MR) is 190 cm³/mol. The Morgan fingerprint density at radius 1 is 0.733 bits per heavy atom. The van der Waals surface area contributed by atoms with Crippen molar-refractivity contribution in [1.29, 1.82) is 0 Å². The van der Waals surface area contributed by atoms with Gasteiger partial charge in [0.2, 0.25) is 0 Å². The Morgan fingerprint density at radius 3 is 1.84 bits per heavy atom. The lowest BCUT2D eigenvalue weighted by atomic mass is 9.71. The zero-order chi connectivity index (χ0) is 32.4. The van der Waals surface area contributed by atoms with E-state index >= 15 is 0 Å². The Bertz CT molecular complexity index is 1930. The van der Waals surface area contributed by atoms with E-state index in [2.05, 4.69) is 88.0 Å². The standard InChI is InChI=1S/C38H33Cl4NO2/c1-6-16-38(17-7-2)27(15-13-25-36(44)28-29(37(25)45)32(40)34(42)33(41)31(28)39)43(35-21(4)18-20(3)19-22(35)5)26-14-12-23-10-8-9-11-24(23)30(26)38/h8-15,18-19H,6-7,16-17H2,1-5H3/b27-15-. The van der Waals surface area contributed by atoms with Crippen LogP contribution in [0.5, 0.6) is 0 Å². The molecule has 0 unspecified atom stereocenters. The maximum absolute atomic E-state index is 13.8. The van der Waals surface area contributed by atoms with Gasteiger partial charge in [-0.05, 0) is 79.3 Å². The van der Waals surface area contributed by atoms with Crippen LogP contribution in [0.1, 0.15) is 82.5 Å². The number of rotatable bonds is 6. The van der Waals surface area contributed by atoms with Gasteiger partial charge in [0.1, 0.15) is 0 Å². The van der Waals surface area contributed by atoms with Gasteiger partial charge >= 0.3 is 0 Å². The number of benzene rings is 4. The van der Waals surface area contributed by atoms with Gasteiger partial charge in [-0.2, -0.15) is 0 Å². The molecular formula is C38H33Cl4NO2. The number of allylic oxidation sites excluding steroid dienone is 4. The Balaban J connectivity index is 1.68. The van der Waals surface area contributed by atoms with Gasteiger partial charge in [-0.15, -0.1) is 0 Å². The van der Waals surface area contributed by atoms with Crippen molar-refractivity contribution in [1.82, 2.24) is 0 Å². The number of Topliss-reactive ketones (excluding diaryl/α,β-unsaturated/α-hetero) is 2. The third-order valence-electron chi connectivity index (χ3n) is 9.19.